The summed E-state index contributed by atoms with van der Waals surface area (Å²) in [6.45, 7) is 2.04. The van der Waals surface area contributed by atoms with E-state index in [0.29, 0.717) is 0 Å². The quantitative estimate of drug-likeness (QED) is 0.888. The summed E-state index contributed by atoms with van der Waals surface area (Å²) < 4.78 is 13.8. The van der Waals surface area contributed by atoms with Crippen molar-refractivity contribution in [2.24, 2.45) is 0 Å². The number of hydrogen-bond acceptors (Lipinski definition) is 5. The van der Waals surface area contributed by atoms with E-state index in [1.807, 2.05) is 26.1 Å². The molecule has 0 amide bonds. The molecule has 16 heavy (non-hydrogen) atoms. The molecule has 0 unspecified atom stereocenters. The molecule has 1 aromatic heterocycles. The molecule has 0 atom stereocenters. The normalized spacial score (nSPS) is 10.2. The lowest BCUT2D eigenvalue weighted by molar-refractivity contribution is 0.416. The first-order valence-electron chi connectivity index (χ1n) is 4.91. The number of methoxy groups -OCH3 is 1. The third-order valence-corrected chi connectivity index (χ3v) is 2.86. The average molecular weight is 235 g/mol. The van der Waals surface area contributed by atoms with Crippen molar-refractivity contribution in [3.63, 3.8) is 0 Å². The van der Waals surface area contributed by atoms with Gasteiger partial charge >= 0.3 is 0 Å². The molecule has 4 nitrogen and oxygen atoms in total. The predicted molar refractivity (Wildman–Crippen MR) is 66.2 cm³/mol. The molecule has 0 spiro atoms. The van der Waals surface area contributed by atoms with Gasteiger partial charge in [-0.05, 0) is 19.1 Å². The number of ether oxygens (including phenoxy) is 1. The Kier molecular flexibility index (Phi) is 3.05. The summed E-state index contributed by atoms with van der Waals surface area (Å²) in [7, 11) is 3.50. The van der Waals surface area contributed by atoms with Crippen LogP contribution in [0.2, 0.25) is 0 Å². The topological polar surface area (TPSA) is 47.0 Å². The van der Waals surface area contributed by atoms with Gasteiger partial charge in [0.1, 0.15) is 11.4 Å². The van der Waals surface area contributed by atoms with E-state index in [9.17, 15) is 0 Å². The summed E-state index contributed by atoms with van der Waals surface area (Å²) >= 11 is 1.19. The second-order valence-electron chi connectivity index (χ2n) is 3.42. The molecule has 1 heterocycles. The molecule has 1 N–H and O–H groups in total. The van der Waals surface area contributed by atoms with Crippen molar-refractivity contribution in [1.29, 1.82) is 0 Å². The van der Waals surface area contributed by atoms with Crippen molar-refractivity contribution >= 4 is 17.5 Å². The monoisotopic (exact) mass is 235 g/mol. The number of benzene rings is 1. The van der Waals surface area contributed by atoms with Crippen LogP contribution in [-0.4, -0.2) is 22.9 Å². The van der Waals surface area contributed by atoms with Gasteiger partial charge in [-0.3, -0.25) is 0 Å². The number of hydrogen-bond donors (Lipinski definition) is 1. The maximum atomic E-state index is 5.33. The van der Waals surface area contributed by atoms with Gasteiger partial charge < -0.3 is 10.1 Å². The number of anilines is 1. The van der Waals surface area contributed by atoms with Crippen LogP contribution in [0, 0.1) is 6.92 Å². The molecule has 0 fully saturated rings. The molecule has 2 aromatic rings. The molecule has 0 bridgehead atoms. The molecular weight excluding hydrogens is 222 g/mol. The van der Waals surface area contributed by atoms with Gasteiger partial charge in [-0.2, -0.15) is 8.75 Å². The SMILES string of the molecule is CNc1nsnc1-c1cc(C)ccc1OC. The molecule has 2 rings (SSSR count). The van der Waals surface area contributed by atoms with Gasteiger partial charge in [0.2, 0.25) is 0 Å². The van der Waals surface area contributed by atoms with E-state index in [1.54, 1.807) is 7.11 Å². The molecule has 0 radical (unpaired) electrons. The molecule has 0 saturated carbocycles. The molecule has 0 aliphatic rings. The molecule has 0 saturated heterocycles. The summed E-state index contributed by atoms with van der Waals surface area (Å²) in [6.07, 6.45) is 0. The molecular formula is C11H13N3OS. The highest BCUT2D eigenvalue weighted by Gasteiger charge is 2.13. The van der Waals surface area contributed by atoms with E-state index in [4.69, 9.17) is 4.74 Å². The fourth-order valence-electron chi connectivity index (χ4n) is 1.54. The van der Waals surface area contributed by atoms with Crippen molar-refractivity contribution < 1.29 is 4.74 Å². The van der Waals surface area contributed by atoms with Crippen LogP contribution in [0.3, 0.4) is 0 Å². The van der Waals surface area contributed by atoms with Crippen LogP contribution in [0.5, 0.6) is 5.75 Å². The van der Waals surface area contributed by atoms with Gasteiger partial charge in [0.05, 0.1) is 18.8 Å². The fraction of sp³-hybridized carbons (Fsp3) is 0.273. The summed E-state index contributed by atoms with van der Waals surface area (Å²) in [6, 6.07) is 6.01. The Labute approximate surface area is 98.6 Å². The molecule has 0 aliphatic heterocycles. The first-order valence-corrected chi connectivity index (χ1v) is 5.64. The van der Waals surface area contributed by atoms with Crippen LogP contribution in [0.4, 0.5) is 5.82 Å². The van der Waals surface area contributed by atoms with E-state index >= 15 is 0 Å². The maximum Gasteiger partial charge on any atom is 0.168 e. The van der Waals surface area contributed by atoms with Crippen molar-refractivity contribution in [3.05, 3.63) is 23.8 Å². The lowest BCUT2D eigenvalue weighted by Crippen LogP contribution is -1.94. The van der Waals surface area contributed by atoms with Crippen LogP contribution < -0.4 is 10.1 Å². The van der Waals surface area contributed by atoms with Crippen LogP contribution in [0.15, 0.2) is 18.2 Å². The third kappa shape index (κ3) is 1.86. The van der Waals surface area contributed by atoms with E-state index < -0.39 is 0 Å². The number of nitrogens with one attached hydrogen (secondary N) is 1. The number of aromatic nitrogens is 2. The summed E-state index contributed by atoms with van der Waals surface area (Å²) in [5.41, 5.74) is 2.99. The number of rotatable bonds is 3. The minimum absolute atomic E-state index is 0.786. The first kappa shape index (κ1) is 10.9. The lowest BCUT2D eigenvalue weighted by Gasteiger charge is -2.08. The van der Waals surface area contributed by atoms with Crippen molar-refractivity contribution in [1.82, 2.24) is 8.75 Å². The standard InChI is InChI=1S/C11H13N3OS/c1-7-4-5-9(15-3)8(6-7)10-11(12-2)14-16-13-10/h4-6H,1-3H3,(H,12,14). The van der Waals surface area contributed by atoms with Gasteiger partial charge in [0.25, 0.3) is 0 Å². The minimum atomic E-state index is 0.786. The predicted octanol–water partition coefficient (Wildman–Crippen LogP) is 2.56. The van der Waals surface area contributed by atoms with E-state index in [-0.39, 0.29) is 0 Å². The Morgan fingerprint density at radius 3 is 2.81 bits per heavy atom. The van der Waals surface area contributed by atoms with Crippen molar-refractivity contribution in [2.75, 3.05) is 19.5 Å². The molecule has 5 heteroatoms. The average Bonchev–Trinajstić information content (AvgIpc) is 2.76. The Morgan fingerprint density at radius 1 is 1.31 bits per heavy atom. The van der Waals surface area contributed by atoms with Gasteiger partial charge in [-0.25, -0.2) is 0 Å². The fourth-order valence-corrected chi connectivity index (χ4v) is 2.10. The van der Waals surface area contributed by atoms with E-state index in [0.717, 1.165) is 22.8 Å². The van der Waals surface area contributed by atoms with Gasteiger partial charge in [0, 0.05) is 12.6 Å². The Hall–Kier alpha value is -1.62. The van der Waals surface area contributed by atoms with Crippen LogP contribution >= 0.6 is 11.7 Å². The molecule has 84 valence electrons. The largest absolute Gasteiger partial charge is 0.496 e. The maximum absolute atomic E-state index is 5.33. The zero-order valence-electron chi connectivity index (χ0n) is 9.44. The zero-order chi connectivity index (χ0) is 11.5. The zero-order valence-corrected chi connectivity index (χ0v) is 10.3. The second-order valence-corrected chi connectivity index (χ2v) is 3.94. The van der Waals surface area contributed by atoms with Crippen molar-refractivity contribution in [3.8, 4) is 17.0 Å². The van der Waals surface area contributed by atoms with Crippen LogP contribution in [0.25, 0.3) is 11.3 Å². The van der Waals surface area contributed by atoms with Crippen LogP contribution in [0.1, 0.15) is 5.56 Å². The highest BCUT2D eigenvalue weighted by molar-refractivity contribution is 6.99. The Balaban J connectivity index is 2.58. The summed E-state index contributed by atoms with van der Waals surface area (Å²) in [5.74, 6) is 1.60. The summed E-state index contributed by atoms with van der Waals surface area (Å²) in [4.78, 5) is 0. The smallest absolute Gasteiger partial charge is 0.168 e. The minimum Gasteiger partial charge on any atom is -0.496 e. The summed E-state index contributed by atoms with van der Waals surface area (Å²) in [5, 5.41) is 3.03. The van der Waals surface area contributed by atoms with Crippen LogP contribution in [-0.2, 0) is 0 Å². The highest BCUT2D eigenvalue weighted by atomic mass is 32.1. The van der Waals surface area contributed by atoms with Crippen molar-refractivity contribution in [2.45, 2.75) is 6.92 Å². The second kappa shape index (κ2) is 4.49. The van der Waals surface area contributed by atoms with Gasteiger partial charge in [0.15, 0.2) is 5.82 Å². The number of nitrogens with zero attached hydrogens (tertiary/aromatic N) is 2. The lowest BCUT2D eigenvalue weighted by atomic mass is 10.1. The van der Waals surface area contributed by atoms with E-state index in [2.05, 4.69) is 20.1 Å². The Bertz CT molecular complexity index is 496. The molecule has 0 aliphatic carbocycles. The van der Waals surface area contributed by atoms with Gasteiger partial charge in [-0.15, -0.1) is 0 Å². The Morgan fingerprint density at radius 2 is 2.12 bits per heavy atom. The van der Waals surface area contributed by atoms with Gasteiger partial charge in [-0.1, -0.05) is 11.6 Å². The first-order chi connectivity index (χ1) is 7.76. The number of aryl methyl sites for hydroxylation is 1. The third-order valence-electron chi connectivity index (χ3n) is 2.34. The molecule has 1 aromatic carbocycles. The van der Waals surface area contributed by atoms with E-state index in [1.165, 1.54) is 17.3 Å². The highest BCUT2D eigenvalue weighted by Crippen LogP contribution is 2.33.